The molecule has 1 saturated heterocycles. The quantitative estimate of drug-likeness (QED) is 0.748. The summed E-state index contributed by atoms with van der Waals surface area (Å²) >= 11 is 0. The molecule has 0 aromatic heterocycles. The van der Waals surface area contributed by atoms with Crippen LogP contribution in [0.1, 0.15) is 17.2 Å². The number of nitrogens with zero attached hydrogens (tertiary/aromatic N) is 3. The maximum Gasteiger partial charge on any atom is 0.333 e. The van der Waals surface area contributed by atoms with Gasteiger partial charge in [-0.3, -0.25) is 0 Å². The number of hydrogen-bond acceptors (Lipinski definition) is 3. The number of hydrogen-bond donors (Lipinski definition) is 0. The van der Waals surface area contributed by atoms with Crippen molar-refractivity contribution in [3.05, 3.63) is 29.3 Å². The van der Waals surface area contributed by atoms with Crippen LogP contribution in [0.4, 0.5) is 4.79 Å². The highest BCUT2D eigenvalue weighted by molar-refractivity contribution is 5.79. The van der Waals surface area contributed by atoms with E-state index >= 15 is 0 Å². The number of carbonyl (C=O) groups excluding carboxylic acids is 1. The lowest BCUT2D eigenvalue weighted by molar-refractivity contribution is 0.205. The first-order valence-electron chi connectivity index (χ1n) is 5.67. The minimum absolute atomic E-state index is 0.146. The van der Waals surface area contributed by atoms with E-state index in [2.05, 4.69) is 0 Å². The van der Waals surface area contributed by atoms with E-state index in [9.17, 15) is 4.79 Å². The molecule has 0 N–H and O–H groups in total. The minimum atomic E-state index is -0.272. The van der Waals surface area contributed by atoms with Crippen LogP contribution in [0, 0.1) is 18.4 Å². The van der Waals surface area contributed by atoms with E-state index in [4.69, 9.17) is 10.00 Å². The second kappa shape index (κ2) is 4.57. The van der Waals surface area contributed by atoms with Gasteiger partial charge in [0.15, 0.2) is 6.19 Å². The number of likely N-dealkylation sites (N-methyl/N-ethyl adjacent to an activating group) is 1. The van der Waals surface area contributed by atoms with E-state index in [1.54, 1.807) is 19.1 Å². The van der Waals surface area contributed by atoms with Crippen LogP contribution < -0.4 is 4.74 Å². The molecule has 0 radical (unpaired) electrons. The molecule has 1 aliphatic heterocycles. The normalized spacial score (nSPS) is 19.0. The van der Waals surface area contributed by atoms with Crippen LogP contribution >= 0.6 is 0 Å². The van der Waals surface area contributed by atoms with Gasteiger partial charge in [0.1, 0.15) is 5.75 Å². The van der Waals surface area contributed by atoms with Crippen molar-refractivity contribution in [3.8, 4) is 11.9 Å². The summed E-state index contributed by atoms with van der Waals surface area (Å²) in [6, 6.07) is 5.42. The molecule has 0 saturated carbocycles. The van der Waals surface area contributed by atoms with Crippen molar-refractivity contribution in [2.75, 3.05) is 20.7 Å². The highest BCUT2D eigenvalue weighted by Gasteiger charge is 2.37. The van der Waals surface area contributed by atoms with Crippen molar-refractivity contribution >= 4 is 6.03 Å². The standard InChI is InChI=1S/C13H15N3O2/c1-9-4-5-12(18-3)10(6-9)11-7-16(8-14)13(17)15(11)2/h4-6,11H,7H2,1-3H3. The zero-order valence-corrected chi connectivity index (χ0v) is 10.7. The summed E-state index contributed by atoms with van der Waals surface area (Å²) in [5.41, 5.74) is 2.04. The fourth-order valence-corrected chi connectivity index (χ4v) is 2.20. The minimum Gasteiger partial charge on any atom is -0.496 e. The fourth-order valence-electron chi connectivity index (χ4n) is 2.20. The molecule has 1 heterocycles. The summed E-state index contributed by atoms with van der Waals surface area (Å²) in [7, 11) is 3.30. The van der Waals surface area contributed by atoms with Gasteiger partial charge in [-0.2, -0.15) is 5.26 Å². The molecule has 0 aliphatic carbocycles. The number of amides is 2. The van der Waals surface area contributed by atoms with Crippen LogP contribution in [0.5, 0.6) is 5.75 Å². The lowest BCUT2D eigenvalue weighted by atomic mass is 10.0. The molecule has 2 amide bonds. The summed E-state index contributed by atoms with van der Waals surface area (Å²) in [5, 5.41) is 8.90. The maximum atomic E-state index is 11.8. The lowest BCUT2D eigenvalue weighted by Crippen LogP contribution is -2.26. The van der Waals surface area contributed by atoms with Crippen molar-refractivity contribution in [3.63, 3.8) is 0 Å². The van der Waals surface area contributed by atoms with Crippen molar-refractivity contribution in [1.29, 1.82) is 5.26 Å². The first-order chi connectivity index (χ1) is 8.58. The van der Waals surface area contributed by atoms with Crippen LogP contribution in [0.3, 0.4) is 0 Å². The van der Waals surface area contributed by atoms with Crippen molar-refractivity contribution in [2.45, 2.75) is 13.0 Å². The number of benzene rings is 1. The predicted octanol–water partition coefficient (Wildman–Crippen LogP) is 1.89. The maximum absolute atomic E-state index is 11.8. The summed E-state index contributed by atoms with van der Waals surface area (Å²) < 4.78 is 5.33. The third-order valence-electron chi connectivity index (χ3n) is 3.22. The van der Waals surface area contributed by atoms with Gasteiger partial charge >= 0.3 is 6.03 Å². The van der Waals surface area contributed by atoms with Crippen molar-refractivity contribution in [1.82, 2.24) is 9.80 Å². The number of methoxy groups -OCH3 is 1. The van der Waals surface area contributed by atoms with Crippen molar-refractivity contribution in [2.24, 2.45) is 0 Å². The van der Waals surface area contributed by atoms with Gasteiger partial charge in [-0.15, -0.1) is 0 Å². The Kier molecular flexibility index (Phi) is 3.11. The lowest BCUT2D eigenvalue weighted by Gasteiger charge is -2.20. The molecule has 2 rings (SSSR count). The van der Waals surface area contributed by atoms with E-state index < -0.39 is 0 Å². The highest BCUT2D eigenvalue weighted by atomic mass is 16.5. The molecule has 1 atom stereocenters. The number of rotatable bonds is 2. The molecule has 18 heavy (non-hydrogen) atoms. The molecule has 1 aromatic rings. The van der Waals surface area contributed by atoms with Crippen LogP contribution in [-0.4, -0.2) is 36.5 Å². The zero-order chi connectivity index (χ0) is 13.3. The molecule has 1 fully saturated rings. The monoisotopic (exact) mass is 245 g/mol. The van der Waals surface area contributed by atoms with E-state index in [1.165, 1.54) is 0 Å². The Balaban J connectivity index is 2.41. The molecule has 0 bridgehead atoms. The Labute approximate surface area is 106 Å². The SMILES string of the molecule is COc1ccc(C)cc1C1CN(C#N)C(=O)N1C. The van der Waals surface area contributed by atoms with Gasteiger partial charge in [-0.1, -0.05) is 17.7 Å². The number of aryl methyl sites for hydroxylation is 1. The number of urea groups is 1. The molecule has 5 heteroatoms. The van der Waals surface area contributed by atoms with Crippen LogP contribution in [-0.2, 0) is 0 Å². The van der Waals surface area contributed by atoms with Gasteiger partial charge in [0, 0.05) is 12.6 Å². The van der Waals surface area contributed by atoms with Gasteiger partial charge in [-0.05, 0) is 13.0 Å². The Bertz CT molecular complexity index is 521. The molecular weight excluding hydrogens is 230 g/mol. The molecule has 1 aliphatic rings. The summed E-state index contributed by atoms with van der Waals surface area (Å²) in [5.74, 6) is 0.741. The number of carbonyl (C=O) groups is 1. The van der Waals surface area contributed by atoms with E-state index in [0.717, 1.165) is 21.8 Å². The first kappa shape index (κ1) is 12.2. The van der Waals surface area contributed by atoms with Gasteiger partial charge in [-0.25, -0.2) is 9.69 Å². The van der Waals surface area contributed by atoms with Crippen LogP contribution in [0.25, 0.3) is 0 Å². The Hall–Kier alpha value is -2.22. The summed E-state index contributed by atoms with van der Waals surface area (Å²) in [6.07, 6.45) is 1.90. The zero-order valence-electron chi connectivity index (χ0n) is 10.7. The topological polar surface area (TPSA) is 56.6 Å². The Morgan fingerprint density at radius 2 is 2.22 bits per heavy atom. The molecule has 94 valence electrons. The third-order valence-corrected chi connectivity index (χ3v) is 3.22. The van der Waals surface area contributed by atoms with Gasteiger partial charge in [0.05, 0.1) is 19.7 Å². The summed E-state index contributed by atoms with van der Waals surface area (Å²) in [4.78, 5) is 14.5. The van der Waals surface area contributed by atoms with Gasteiger partial charge < -0.3 is 9.64 Å². The first-order valence-corrected chi connectivity index (χ1v) is 5.67. The Morgan fingerprint density at radius 3 is 2.78 bits per heavy atom. The summed E-state index contributed by atoms with van der Waals surface area (Å²) in [6.45, 7) is 2.35. The highest BCUT2D eigenvalue weighted by Crippen LogP contribution is 2.34. The van der Waals surface area contributed by atoms with Crippen LogP contribution in [0.15, 0.2) is 18.2 Å². The van der Waals surface area contributed by atoms with Crippen LogP contribution in [0.2, 0.25) is 0 Å². The van der Waals surface area contributed by atoms with E-state index in [-0.39, 0.29) is 12.1 Å². The van der Waals surface area contributed by atoms with Gasteiger partial charge in [0.2, 0.25) is 0 Å². The number of nitriles is 1. The Morgan fingerprint density at radius 1 is 1.50 bits per heavy atom. The van der Waals surface area contributed by atoms with E-state index in [0.29, 0.717) is 6.54 Å². The molecule has 5 nitrogen and oxygen atoms in total. The average Bonchev–Trinajstić information content (AvgIpc) is 2.66. The largest absolute Gasteiger partial charge is 0.496 e. The molecule has 1 aromatic carbocycles. The van der Waals surface area contributed by atoms with E-state index in [1.807, 2.05) is 31.3 Å². The predicted molar refractivity (Wildman–Crippen MR) is 66.0 cm³/mol. The average molecular weight is 245 g/mol. The second-order valence-electron chi connectivity index (χ2n) is 4.37. The molecule has 1 unspecified atom stereocenters. The van der Waals surface area contributed by atoms with Crippen molar-refractivity contribution < 1.29 is 9.53 Å². The molecule has 0 spiro atoms. The number of ether oxygens (including phenoxy) is 1. The molecular formula is C13H15N3O2. The smallest absolute Gasteiger partial charge is 0.333 e. The fraction of sp³-hybridized carbons (Fsp3) is 0.385. The van der Waals surface area contributed by atoms with Gasteiger partial charge in [0.25, 0.3) is 0 Å². The second-order valence-corrected chi connectivity index (χ2v) is 4.37. The third kappa shape index (κ3) is 1.86.